The van der Waals surface area contributed by atoms with Gasteiger partial charge in [-0.2, -0.15) is 0 Å². The first-order valence-corrected chi connectivity index (χ1v) is 11.7. The van der Waals surface area contributed by atoms with Crippen molar-refractivity contribution in [2.24, 2.45) is 0 Å². The zero-order valence-electron chi connectivity index (χ0n) is 19.9. The lowest BCUT2D eigenvalue weighted by Crippen LogP contribution is -2.34. The van der Waals surface area contributed by atoms with Gasteiger partial charge in [0.15, 0.2) is 16.4 Å². The highest BCUT2D eigenvalue weighted by Gasteiger charge is 2.19. The summed E-state index contributed by atoms with van der Waals surface area (Å²) in [6.07, 6.45) is 1.05. The molecule has 0 aliphatic heterocycles. The maximum Gasteiger partial charge on any atom is 0.311 e. The number of hydrogen-bond donors (Lipinski definition) is 2. The van der Waals surface area contributed by atoms with Crippen molar-refractivity contribution < 1.29 is 18.9 Å². The molecule has 0 radical (unpaired) electrons. The average molecular weight is 505 g/mol. The number of nitro groups is 1. The van der Waals surface area contributed by atoms with Crippen LogP contribution in [0.5, 0.6) is 5.75 Å². The van der Waals surface area contributed by atoms with E-state index >= 15 is 0 Å². The molecule has 1 aromatic heterocycles. The van der Waals surface area contributed by atoms with Crippen LogP contribution in [-0.4, -0.2) is 28.0 Å². The van der Waals surface area contributed by atoms with Crippen LogP contribution in [0.3, 0.4) is 0 Å². The number of hydrogen-bond acceptors (Lipinski definition) is 7. The lowest BCUT2D eigenvalue weighted by Gasteiger charge is -2.10. The lowest BCUT2D eigenvalue weighted by atomic mass is 9.98. The fourth-order valence-corrected chi connectivity index (χ4v) is 3.83. The van der Waals surface area contributed by atoms with Crippen molar-refractivity contribution in [3.63, 3.8) is 0 Å². The molecule has 10 heteroatoms. The highest BCUT2D eigenvalue weighted by atomic mass is 32.1. The van der Waals surface area contributed by atoms with Crippen molar-refractivity contribution in [1.82, 2.24) is 10.3 Å². The number of benzene rings is 3. The Morgan fingerprint density at radius 2 is 1.92 bits per heavy atom. The van der Waals surface area contributed by atoms with Gasteiger partial charge in [-0.05, 0) is 78.7 Å². The Balaban J connectivity index is 1.43. The Bertz CT molecular complexity index is 1450. The van der Waals surface area contributed by atoms with Gasteiger partial charge in [-0.25, -0.2) is 4.98 Å². The molecule has 2 N–H and O–H groups in total. The molecule has 0 unspecified atom stereocenters. The van der Waals surface area contributed by atoms with Crippen molar-refractivity contribution in [3.8, 4) is 17.2 Å². The molecule has 0 bridgehead atoms. The number of ether oxygens (including phenoxy) is 1. The van der Waals surface area contributed by atoms with Gasteiger partial charge in [0.1, 0.15) is 5.52 Å². The molecule has 1 heterocycles. The Labute approximate surface area is 212 Å². The number of carbonyl (C=O) groups is 1. The van der Waals surface area contributed by atoms with Crippen LogP contribution in [0.25, 0.3) is 22.6 Å². The lowest BCUT2D eigenvalue weighted by molar-refractivity contribution is -0.385. The van der Waals surface area contributed by atoms with Gasteiger partial charge in [-0.3, -0.25) is 20.2 Å². The van der Waals surface area contributed by atoms with Crippen LogP contribution in [0.2, 0.25) is 0 Å². The molecule has 1 atom stereocenters. The van der Waals surface area contributed by atoms with Crippen molar-refractivity contribution in [2.75, 3.05) is 12.4 Å². The van der Waals surface area contributed by atoms with Gasteiger partial charge < -0.3 is 14.5 Å². The molecule has 1 amide bonds. The maximum atomic E-state index is 12.5. The largest absolute Gasteiger partial charge is 0.490 e. The number of aromatic nitrogens is 1. The molecular weight excluding hydrogens is 480 g/mol. The zero-order chi connectivity index (χ0) is 25.8. The normalized spacial score (nSPS) is 11.6. The molecule has 3 aromatic carbocycles. The van der Waals surface area contributed by atoms with Crippen molar-refractivity contribution >= 4 is 45.7 Å². The Morgan fingerprint density at radius 1 is 1.17 bits per heavy atom. The summed E-state index contributed by atoms with van der Waals surface area (Å²) in [4.78, 5) is 27.7. The number of rotatable bonds is 7. The van der Waals surface area contributed by atoms with E-state index < -0.39 is 10.8 Å². The number of nitrogens with zero attached hydrogens (tertiary/aromatic N) is 2. The van der Waals surface area contributed by atoms with E-state index in [1.165, 1.54) is 24.8 Å². The SMILES string of the molecule is CC[C@@H](C)c1ccc2oc(-c3ccc(NC(=S)NC(=O)c4ccc(OC)c([N+](=O)[O-])c4)cc3)nc2c1. The summed E-state index contributed by atoms with van der Waals surface area (Å²) >= 11 is 5.23. The number of anilines is 1. The summed E-state index contributed by atoms with van der Waals surface area (Å²) < 4.78 is 10.9. The summed E-state index contributed by atoms with van der Waals surface area (Å²) in [7, 11) is 1.32. The predicted molar refractivity (Wildman–Crippen MR) is 141 cm³/mol. The van der Waals surface area contributed by atoms with Gasteiger partial charge in [0.25, 0.3) is 5.91 Å². The zero-order valence-corrected chi connectivity index (χ0v) is 20.7. The fraction of sp³-hybridized carbons (Fsp3) is 0.192. The fourth-order valence-electron chi connectivity index (χ4n) is 3.62. The van der Waals surface area contributed by atoms with E-state index in [2.05, 4.69) is 41.6 Å². The number of thiocarbonyl (C=S) groups is 1. The standard InChI is InChI=1S/C26H24N4O5S/c1-4-15(2)17-7-11-22-20(13-17)28-25(35-22)16-5-9-19(10-6-16)27-26(36)29-24(31)18-8-12-23(34-3)21(14-18)30(32)33/h5-15H,4H2,1-3H3,(H2,27,29,31,36)/t15-/m1/s1. The van der Waals surface area contributed by atoms with Gasteiger partial charge in [0.05, 0.1) is 12.0 Å². The van der Waals surface area contributed by atoms with Crippen LogP contribution in [0.4, 0.5) is 11.4 Å². The number of nitro benzene ring substituents is 1. The van der Waals surface area contributed by atoms with Crippen LogP contribution >= 0.6 is 12.2 Å². The Hall–Kier alpha value is -4.31. The molecular formula is C26H24N4O5S. The minimum absolute atomic E-state index is 0.0469. The maximum absolute atomic E-state index is 12.5. The molecule has 0 fully saturated rings. The molecule has 184 valence electrons. The predicted octanol–water partition coefficient (Wildman–Crippen LogP) is 6.05. The monoisotopic (exact) mass is 504 g/mol. The first-order chi connectivity index (χ1) is 17.3. The number of methoxy groups -OCH3 is 1. The summed E-state index contributed by atoms with van der Waals surface area (Å²) in [6.45, 7) is 4.34. The highest BCUT2D eigenvalue weighted by Crippen LogP contribution is 2.29. The van der Waals surface area contributed by atoms with E-state index in [1.807, 2.05) is 18.2 Å². The van der Waals surface area contributed by atoms with E-state index in [0.29, 0.717) is 17.5 Å². The van der Waals surface area contributed by atoms with Gasteiger partial charge in [-0.15, -0.1) is 0 Å². The third-order valence-corrected chi connectivity index (χ3v) is 6.05. The van der Waals surface area contributed by atoms with Crippen LogP contribution in [-0.2, 0) is 0 Å². The van der Waals surface area contributed by atoms with Crippen molar-refractivity contribution in [1.29, 1.82) is 0 Å². The molecule has 9 nitrogen and oxygen atoms in total. The third-order valence-electron chi connectivity index (χ3n) is 5.85. The minimum atomic E-state index is -0.616. The number of carbonyl (C=O) groups excluding carboxylic acids is 1. The van der Waals surface area contributed by atoms with Crippen molar-refractivity contribution in [3.05, 3.63) is 81.9 Å². The van der Waals surface area contributed by atoms with Gasteiger partial charge in [0, 0.05) is 22.9 Å². The molecule has 0 spiro atoms. The van der Waals surface area contributed by atoms with Gasteiger partial charge in [-0.1, -0.05) is 19.9 Å². The first-order valence-electron chi connectivity index (χ1n) is 11.2. The number of fused-ring (bicyclic) bond motifs is 1. The second kappa shape index (κ2) is 10.5. The van der Waals surface area contributed by atoms with Crippen molar-refractivity contribution in [2.45, 2.75) is 26.2 Å². The van der Waals surface area contributed by atoms with Crippen LogP contribution in [0.1, 0.15) is 42.1 Å². The van der Waals surface area contributed by atoms with Crippen LogP contribution in [0, 0.1) is 10.1 Å². The second-order valence-electron chi connectivity index (χ2n) is 8.18. The molecule has 0 saturated heterocycles. The quantitative estimate of drug-likeness (QED) is 0.177. The summed E-state index contributed by atoms with van der Waals surface area (Å²) in [5.41, 5.74) is 3.96. The number of amides is 1. The molecule has 4 rings (SSSR count). The first kappa shape index (κ1) is 24.8. The van der Waals surface area contributed by atoms with Gasteiger partial charge in [0.2, 0.25) is 5.89 Å². The van der Waals surface area contributed by atoms with Gasteiger partial charge >= 0.3 is 5.69 Å². The average Bonchev–Trinajstić information content (AvgIpc) is 3.31. The molecule has 0 saturated carbocycles. The third kappa shape index (κ3) is 5.33. The van der Waals surface area contributed by atoms with E-state index in [4.69, 9.17) is 21.4 Å². The summed E-state index contributed by atoms with van der Waals surface area (Å²) in [6, 6.07) is 17.2. The molecule has 36 heavy (non-hydrogen) atoms. The number of nitrogens with one attached hydrogen (secondary N) is 2. The minimum Gasteiger partial charge on any atom is -0.490 e. The molecule has 0 aliphatic rings. The van der Waals surface area contributed by atoms with E-state index in [-0.39, 0.29) is 22.1 Å². The number of oxazole rings is 1. The summed E-state index contributed by atoms with van der Waals surface area (Å²) in [5, 5.41) is 16.7. The Kier molecular flexibility index (Phi) is 7.25. The Morgan fingerprint density at radius 3 is 2.58 bits per heavy atom. The van der Waals surface area contributed by atoms with E-state index in [0.717, 1.165) is 29.2 Å². The topological polar surface area (TPSA) is 120 Å². The van der Waals surface area contributed by atoms with E-state index in [1.54, 1.807) is 12.1 Å². The van der Waals surface area contributed by atoms with E-state index in [9.17, 15) is 14.9 Å². The van der Waals surface area contributed by atoms with Crippen LogP contribution < -0.4 is 15.4 Å². The molecule has 4 aromatic rings. The second-order valence-corrected chi connectivity index (χ2v) is 8.59. The highest BCUT2D eigenvalue weighted by molar-refractivity contribution is 7.80. The smallest absolute Gasteiger partial charge is 0.311 e. The summed E-state index contributed by atoms with van der Waals surface area (Å²) in [5.74, 6) is 0.434. The molecule has 0 aliphatic carbocycles. The van der Waals surface area contributed by atoms with Crippen LogP contribution in [0.15, 0.2) is 65.1 Å².